The molecule has 59 heavy (non-hydrogen) atoms. The van der Waals surface area contributed by atoms with Crippen LogP contribution in [0.1, 0.15) is 175 Å². The summed E-state index contributed by atoms with van der Waals surface area (Å²) in [6, 6.07) is 0. The smallest absolute Gasteiger partial charge is 0.306 e. The average Bonchev–Trinajstić information content (AvgIpc) is 3.23. The molecule has 0 heterocycles. The minimum atomic E-state index is -0.824. The van der Waals surface area contributed by atoms with Gasteiger partial charge in [-0.15, -0.1) is 0 Å². The number of carbonyl (C=O) groups excluding carboxylic acids is 3. The van der Waals surface area contributed by atoms with Gasteiger partial charge in [0.25, 0.3) is 0 Å². The lowest BCUT2D eigenvalue weighted by Gasteiger charge is -2.18. The fourth-order valence-electron chi connectivity index (χ4n) is 5.60. The van der Waals surface area contributed by atoms with Gasteiger partial charge >= 0.3 is 17.9 Å². The van der Waals surface area contributed by atoms with E-state index in [0.29, 0.717) is 19.3 Å². The third-order valence-electron chi connectivity index (χ3n) is 9.03. The molecule has 0 amide bonds. The molecule has 6 heteroatoms. The largest absolute Gasteiger partial charge is 0.462 e. The van der Waals surface area contributed by atoms with Crippen molar-refractivity contribution in [3.63, 3.8) is 0 Å². The van der Waals surface area contributed by atoms with E-state index in [1.165, 1.54) is 25.7 Å². The summed E-state index contributed by atoms with van der Waals surface area (Å²) in [5.41, 5.74) is 0. The van der Waals surface area contributed by atoms with Crippen LogP contribution in [0.25, 0.3) is 0 Å². The second-order valence-corrected chi connectivity index (χ2v) is 14.6. The molecule has 0 aliphatic rings. The van der Waals surface area contributed by atoms with Crippen molar-refractivity contribution in [3.8, 4) is 0 Å². The molecule has 0 saturated heterocycles. The molecule has 0 aromatic carbocycles. The van der Waals surface area contributed by atoms with Gasteiger partial charge in [-0.1, -0.05) is 174 Å². The van der Waals surface area contributed by atoms with Gasteiger partial charge in [-0.2, -0.15) is 0 Å². The quantitative estimate of drug-likeness (QED) is 0.0202. The summed E-state index contributed by atoms with van der Waals surface area (Å²) in [7, 11) is 0. The second kappa shape index (κ2) is 46.5. The van der Waals surface area contributed by atoms with Gasteiger partial charge in [0.15, 0.2) is 6.10 Å². The van der Waals surface area contributed by atoms with Gasteiger partial charge in [-0.25, -0.2) is 0 Å². The highest BCUT2D eigenvalue weighted by Gasteiger charge is 2.19. The topological polar surface area (TPSA) is 78.9 Å². The van der Waals surface area contributed by atoms with Crippen LogP contribution in [0.2, 0.25) is 0 Å². The maximum absolute atomic E-state index is 12.7. The van der Waals surface area contributed by atoms with Gasteiger partial charge < -0.3 is 14.2 Å². The highest BCUT2D eigenvalue weighted by atomic mass is 16.6. The zero-order valence-electron chi connectivity index (χ0n) is 37.5. The van der Waals surface area contributed by atoms with Crippen LogP contribution >= 0.6 is 0 Å². The number of rotatable bonds is 39. The number of ether oxygens (including phenoxy) is 3. The van der Waals surface area contributed by atoms with Gasteiger partial charge in [0, 0.05) is 19.3 Å². The summed E-state index contributed by atoms with van der Waals surface area (Å²) in [6.07, 6.45) is 63.4. The van der Waals surface area contributed by atoms with Crippen molar-refractivity contribution in [3.05, 3.63) is 122 Å². The fraction of sp³-hybridized carbons (Fsp3) is 0.566. The number of carbonyl (C=O) groups is 3. The van der Waals surface area contributed by atoms with Crippen molar-refractivity contribution in [1.82, 2.24) is 0 Å². The van der Waals surface area contributed by atoms with Crippen molar-refractivity contribution in [1.29, 1.82) is 0 Å². The Hall–Kier alpha value is -4.19. The van der Waals surface area contributed by atoms with Crippen molar-refractivity contribution < 1.29 is 28.6 Å². The predicted molar refractivity (Wildman–Crippen MR) is 251 cm³/mol. The SMILES string of the molecule is CC\C=C/C=C\C=C/C=C\CCCCCC(=O)OC(COC(=O)CCC/C=C\CCCCCC)COC(=O)CCCCC/C=C\C/C=C\C/C=C\C/C=C\C/C=C\CC. The van der Waals surface area contributed by atoms with Crippen LogP contribution in [0.15, 0.2) is 122 Å². The first-order valence-corrected chi connectivity index (χ1v) is 23.1. The molecule has 0 fully saturated rings. The fourth-order valence-corrected chi connectivity index (χ4v) is 5.60. The Kier molecular flexibility index (Phi) is 43.2. The number of hydrogen-bond acceptors (Lipinski definition) is 6. The lowest BCUT2D eigenvalue weighted by Crippen LogP contribution is -2.30. The molecular weight excluding hydrogens is 733 g/mol. The number of unbranched alkanes of at least 4 members (excludes halogenated alkanes) is 11. The second-order valence-electron chi connectivity index (χ2n) is 14.6. The van der Waals surface area contributed by atoms with E-state index in [1.54, 1.807) is 0 Å². The van der Waals surface area contributed by atoms with E-state index >= 15 is 0 Å². The molecule has 0 bridgehead atoms. The van der Waals surface area contributed by atoms with E-state index in [2.05, 4.69) is 106 Å². The molecule has 1 atom stereocenters. The minimum absolute atomic E-state index is 0.124. The molecule has 330 valence electrons. The highest BCUT2D eigenvalue weighted by Crippen LogP contribution is 2.10. The van der Waals surface area contributed by atoms with Crippen molar-refractivity contribution >= 4 is 17.9 Å². The van der Waals surface area contributed by atoms with Gasteiger partial charge in [0.05, 0.1) is 0 Å². The third-order valence-corrected chi connectivity index (χ3v) is 9.03. The van der Waals surface area contributed by atoms with Crippen LogP contribution < -0.4 is 0 Å². The molecule has 0 spiro atoms. The predicted octanol–water partition coefficient (Wildman–Crippen LogP) is 15.0. The van der Waals surface area contributed by atoms with Crippen LogP contribution in [0.3, 0.4) is 0 Å². The molecule has 0 N–H and O–H groups in total. The Labute approximate surface area is 361 Å². The van der Waals surface area contributed by atoms with Crippen LogP contribution in [0.5, 0.6) is 0 Å². The molecule has 0 rings (SSSR count). The Morgan fingerprint density at radius 1 is 0.373 bits per heavy atom. The molecule has 6 nitrogen and oxygen atoms in total. The van der Waals surface area contributed by atoms with E-state index in [0.717, 1.165) is 96.3 Å². The van der Waals surface area contributed by atoms with Gasteiger partial charge in [0.2, 0.25) is 0 Å². The van der Waals surface area contributed by atoms with E-state index in [1.807, 2.05) is 36.5 Å². The summed E-state index contributed by atoms with van der Waals surface area (Å²) >= 11 is 0. The third kappa shape index (κ3) is 44.8. The molecule has 0 saturated carbocycles. The number of allylic oxidation sites excluding steroid dienone is 20. The van der Waals surface area contributed by atoms with E-state index in [9.17, 15) is 14.4 Å². The molecule has 0 radical (unpaired) electrons. The summed E-state index contributed by atoms with van der Waals surface area (Å²) in [5.74, 6) is -1.04. The zero-order valence-corrected chi connectivity index (χ0v) is 37.5. The Balaban J connectivity index is 4.51. The lowest BCUT2D eigenvalue weighted by atomic mass is 10.1. The monoisotopic (exact) mass is 815 g/mol. The number of esters is 3. The summed E-state index contributed by atoms with van der Waals surface area (Å²) in [4.78, 5) is 37.7. The molecule has 0 aliphatic heterocycles. The van der Waals surface area contributed by atoms with Gasteiger partial charge in [-0.05, 0) is 103 Å². The molecular formula is C53H82O6. The summed E-state index contributed by atoms with van der Waals surface area (Å²) in [5, 5.41) is 0. The normalized spacial score (nSPS) is 13.2. The lowest BCUT2D eigenvalue weighted by molar-refractivity contribution is -0.167. The Morgan fingerprint density at radius 2 is 0.763 bits per heavy atom. The maximum atomic E-state index is 12.7. The first kappa shape index (κ1) is 54.8. The molecule has 0 aromatic rings. The van der Waals surface area contributed by atoms with Crippen LogP contribution in [-0.4, -0.2) is 37.2 Å². The van der Waals surface area contributed by atoms with Crippen molar-refractivity contribution in [2.75, 3.05) is 13.2 Å². The summed E-state index contributed by atoms with van der Waals surface area (Å²) < 4.78 is 16.6. The Morgan fingerprint density at radius 3 is 1.29 bits per heavy atom. The zero-order chi connectivity index (χ0) is 43.0. The van der Waals surface area contributed by atoms with Crippen molar-refractivity contribution in [2.24, 2.45) is 0 Å². The van der Waals surface area contributed by atoms with Crippen LogP contribution in [0.4, 0.5) is 0 Å². The van der Waals surface area contributed by atoms with Crippen molar-refractivity contribution in [2.45, 2.75) is 181 Å². The first-order valence-electron chi connectivity index (χ1n) is 23.1. The molecule has 0 aromatic heterocycles. The van der Waals surface area contributed by atoms with Crippen LogP contribution in [-0.2, 0) is 28.6 Å². The first-order chi connectivity index (χ1) is 29.0. The number of hydrogen-bond donors (Lipinski definition) is 0. The van der Waals surface area contributed by atoms with Gasteiger partial charge in [0.1, 0.15) is 13.2 Å². The molecule has 1 unspecified atom stereocenters. The van der Waals surface area contributed by atoms with Gasteiger partial charge in [-0.3, -0.25) is 14.4 Å². The Bertz CT molecular complexity index is 1300. The molecule has 0 aliphatic carbocycles. The van der Waals surface area contributed by atoms with E-state index < -0.39 is 6.10 Å². The summed E-state index contributed by atoms with van der Waals surface area (Å²) in [6.45, 7) is 6.22. The standard InChI is InChI=1S/C53H82O6/c1-4-7-10-13-16-19-21-23-24-25-26-27-28-30-31-34-37-40-43-46-52(55)58-49-50(48-57-51(54)45-42-39-36-33-18-15-12-9-6-3)59-53(56)47-44-41-38-35-32-29-22-20-17-14-11-8-5-2/h7-8,10-11,14,16-17,19-20,22-24,26-27,29-33,36,50H,4-6,9,12-13,15,18,21,25,28,34-35,37-49H2,1-3H3/b10-7-,11-8-,17-14-,19-16-,22-20-,24-23-,27-26-,31-30-,32-29-,36-33-. The highest BCUT2D eigenvalue weighted by molar-refractivity contribution is 5.71. The van der Waals surface area contributed by atoms with Crippen LogP contribution in [0, 0.1) is 0 Å². The minimum Gasteiger partial charge on any atom is -0.462 e. The average molecular weight is 815 g/mol. The van der Waals surface area contributed by atoms with E-state index in [-0.39, 0.29) is 44.0 Å². The maximum Gasteiger partial charge on any atom is 0.306 e. The van der Waals surface area contributed by atoms with E-state index in [4.69, 9.17) is 14.2 Å².